The minimum atomic E-state index is -0.0829. The second kappa shape index (κ2) is 7.23. The number of nitrogens with one attached hydrogen (secondary N) is 2. The fraction of sp³-hybridized carbons (Fsp3) is 0.562. The quantitative estimate of drug-likeness (QED) is 0.851. The molecular weight excluding hydrogens is 310 g/mol. The van der Waals surface area contributed by atoms with Crippen LogP contribution in [0.15, 0.2) is 17.6 Å². The first-order chi connectivity index (χ1) is 10.8. The van der Waals surface area contributed by atoms with Crippen LogP contribution < -0.4 is 10.6 Å². The third kappa shape index (κ3) is 4.62. The predicted octanol–water partition coefficient (Wildman–Crippen LogP) is 2.85. The van der Waals surface area contributed by atoms with Gasteiger partial charge in [0.1, 0.15) is 0 Å². The molecule has 2 aromatic heterocycles. The average Bonchev–Trinajstić information content (AvgIpc) is 3.09. The van der Waals surface area contributed by atoms with Crippen LogP contribution in [0, 0.1) is 0 Å². The second-order valence-electron chi connectivity index (χ2n) is 6.56. The predicted molar refractivity (Wildman–Crippen MR) is 93.7 cm³/mol. The van der Waals surface area contributed by atoms with Crippen molar-refractivity contribution >= 4 is 22.4 Å². The van der Waals surface area contributed by atoms with Crippen molar-refractivity contribution in [3.63, 3.8) is 0 Å². The molecule has 0 fully saturated rings. The zero-order chi connectivity index (χ0) is 17.0. The van der Waals surface area contributed by atoms with Gasteiger partial charge in [-0.1, -0.05) is 27.7 Å². The molecule has 126 valence electrons. The molecule has 0 radical (unpaired) electrons. The van der Waals surface area contributed by atoms with E-state index in [0.717, 1.165) is 17.8 Å². The highest BCUT2D eigenvalue weighted by Gasteiger charge is 2.18. The van der Waals surface area contributed by atoms with Crippen LogP contribution in [0.3, 0.4) is 0 Å². The SMILES string of the molecule is CC[C@H](NCC(=O)Nc1nc(C(C)(C)C)cs1)c1ccnn1C. The van der Waals surface area contributed by atoms with Gasteiger partial charge in [-0.3, -0.25) is 9.48 Å². The van der Waals surface area contributed by atoms with Crippen LogP contribution in [-0.2, 0) is 17.3 Å². The van der Waals surface area contributed by atoms with E-state index in [4.69, 9.17) is 0 Å². The Hall–Kier alpha value is -1.73. The van der Waals surface area contributed by atoms with Crippen LogP contribution in [0.5, 0.6) is 0 Å². The maximum atomic E-state index is 12.1. The summed E-state index contributed by atoms with van der Waals surface area (Å²) in [6.07, 6.45) is 2.65. The Balaban J connectivity index is 1.90. The number of anilines is 1. The Morgan fingerprint density at radius 1 is 1.43 bits per heavy atom. The van der Waals surface area contributed by atoms with E-state index in [2.05, 4.69) is 48.4 Å². The smallest absolute Gasteiger partial charge is 0.240 e. The zero-order valence-electron chi connectivity index (χ0n) is 14.4. The molecule has 1 amide bonds. The Morgan fingerprint density at radius 2 is 2.17 bits per heavy atom. The number of thiazole rings is 1. The summed E-state index contributed by atoms with van der Waals surface area (Å²) in [7, 11) is 1.91. The highest BCUT2D eigenvalue weighted by molar-refractivity contribution is 7.13. The fourth-order valence-corrected chi connectivity index (χ4v) is 3.19. The lowest BCUT2D eigenvalue weighted by Gasteiger charge is -2.17. The summed E-state index contributed by atoms with van der Waals surface area (Å²) in [5, 5.41) is 12.9. The van der Waals surface area contributed by atoms with Gasteiger partial charge in [0.05, 0.1) is 17.9 Å². The van der Waals surface area contributed by atoms with Gasteiger partial charge in [-0.2, -0.15) is 5.10 Å². The van der Waals surface area contributed by atoms with Crippen molar-refractivity contribution in [2.45, 2.75) is 45.6 Å². The molecule has 2 heterocycles. The summed E-state index contributed by atoms with van der Waals surface area (Å²) >= 11 is 1.46. The maximum Gasteiger partial charge on any atom is 0.240 e. The van der Waals surface area contributed by atoms with Gasteiger partial charge in [0.25, 0.3) is 0 Å². The van der Waals surface area contributed by atoms with E-state index >= 15 is 0 Å². The lowest BCUT2D eigenvalue weighted by atomic mass is 9.93. The van der Waals surface area contributed by atoms with E-state index in [0.29, 0.717) is 5.13 Å². The first-order valence-electron chi connectivity index (χ1n) is 7.78. The largest absolute Gasteiger partial charge is 0.301 e. The van der Waals surface area contributed by atoms with Crippen LogP contribution in [0.25, 0.3) is 0 Å². The van der Waals surface area contributed by atoms with Crippen LogP contribution in [0.1, 0.15) is 51.5 Å². The Morgan fingerprint density at radius 3 is 2.70 bits per heavy atom. The average molecular weight is 335 g/mol. The maximum absolute atomic E-state index is 12.1. The van der Waals surface area contributed by atoms with Gasteiger partial charge in [0.15, 0.2) is 5.13 Å². The topological polar surface area (TPSA) is 71.8 Å². The van der Waals surface area contributed by atoms with Gasteiger partial charge in [0, 0.05) is 30.1 Å². The van der Waals surface area contributed by atoms with E-state index in [1.165, 1.54) is 11.3 Å². The lowest BCUT2D eigenvalue weighted by Crippen LogP contribution is -2.32. The molecule has 0 unspecified atom stereocenters. The minimum Gasteiger partial charge on any atom is -0.301 e. The van der Waals surface area contributed by atoms with Crippen molar-refractivity contribution < 1.29 is 4.79 Å². The molecule has 2 rings (SSSR count). The summed E-state index contributed by atoms with van der Waals surface area (Å²) in [4.78, 5) is 16.6. The molecular formula is C16H25N5OS. The van der Waals surface area contributed by atoms with Crippen molar-refractivity contribution in [2.75, 3.05) is 11.9 Å². The third-order valence-electron chi connectivity index (χ3n) is 3.65. The van der Waals surface area contributed by atoms with Gasteiger partial charge in [-0.05, 0) is 12.5 Å². The Kier molecular flexibility index (Phi) is 5.54. The number of amides is 1. The number of rotatable bonds is 6. The zero-order valence-corrected chi connectivity index (χ0v) is 15.2. The summed E-state index contributed by atoms with van der Waals surface area (Å²) in [6, 6.07) is 2.07. The Labute approximate surface area is 141 Å². The molecule has 2 N–H and O–H groups in total. The van der Waals surface area contributed by atoms with Crippen molar-refractivity contribution in [3.05, 3.63) is 29.0 Å². The first-order valence-corrected chi connectivity index (χ1v) is 8.66. The number of aryl methyl sites for hydroxylation is 1. The van der Waals surface area contributed by atoms with E-state index in [-0.39, 0.29) is 23.9 Å². The van der Waals surface area contributed by atoms with Gasteiger partial charge in [0.2, 0.25) is 5.91 Å². The summed E-state index contributed by atoms with van der Waals surface area (Å²) in [6.45, 7) is 8.64. The van der Waals surface area contributed by atoms with Crippen molar-refractivity contribution in [1.29, 1.82) is 0 Å². The van der Waals surface area contributed by atoms with Gasteiger partial charge < -0.3 is 10.6 Å². The molecule has 7 heteroatoms. The summed E-state index contributed by atoms with van der Waals surface area (Å²) < 4.78 is 1.83. The summed E-state index contributed by atoms with van der Waals surface area (Å²) in [5.74, 6) is -0.0829. The summed E-state index contributed by atoms with van der Waals surface area (Å²) in [5.41, 5.74) is 2.06. The number of aromatic nitrogens is 3. The molecule has 1 atom stereocenters. The highest BCUT2D eigenvalue weighted by Crippen LogP contribution is 2.26. The van der Waals surface area contributed by atoms with E-state index < -0.39 is 0 Å². The number of nitrogens with zero attached hydrogens (tertiary/aromatic N) is 3. The van der Waals surface area contributed by atoms with Crippen LogP contribution in [0.2, 0.25) is 0 Å². The molecule has 6 nitrogen and oxygen atoms in total. The minimum absolute atomic E-state index is 0.00936. The number of hydrogen-bond acceptors (Lipinski definition) is 5. The number of carbonyl (C=O) groups excluding carboxylic acids is 1. The normalized spacial score (nSPS) is 13.1. The lowest BCUT2D eigenvalue weighted by molar-refractivity contribution is -0.115. The van der Waals surface area contributed by atoms with E-state index in [1.54, 1.807) is 6.20 Å². The molecule has 0 bridgehead atoms. The van der Waals surface area contributed by atoms with Crippen molar-refractivity contribution in [2.24, 2.45) is 7.05 Å². The molecule has 0 spiro atoms. The van der Waals surface area contributed by atoms with Crippen molar-refractivity contribution in [1.82, 2.24) is 20.1 Å². The second-order valence-corrected chi connectivity index (χ2v) is 7.42. The number of carbonyl (C=O) groups is 1. The molecule has 2 aromatic rings. The van der Waals surface area contributed by atoms with Crippen LogP contribution >= 0.6 is 11.3 Å². The van der Waals surface area contributed by atoms with Crippen molar-refractivity contribution in [3.8, 4) is 0 Å². The van der Waals surface area contributed by atoms with E-state index in [9.17, 15) is 4.79 Å². The molecule has 0 aliphatic rings. The Bertz CT molecular complexity index is 655. The third-order valence-corrected chi connectivity index (χ3v) is 4.41. The molecule has 0 saturated carbocycles. The van der Waals surface area contributed by atoms with E-state index in [1.807, 2.05) is 23.2 Å². The monoisotopic (exact) mass is 335 g/mol. The first kappa shape index (κ1) is 17.6. The van der Waals surface area contributed by atoms with Crippen LogP contribution in [-0.4, -0.2) is 27.2 Å². The molecule has 0 aromatic carbocycles. The van der Waals surface area contributed by atoms with Gasteiger partial charge >= 0.3 is 0 Å². The fourth-order valence-electron chi connectivity index (χ4n) is 2.24. The number of hydrogen-bond donors (Lipinski definition) is 2. The highest BCUT2D eigenvalue weighted by atomic mass is 32.1. The standard InChI is InChI=1S/C16H25N5OS/c1-6-11(12-7-8-18-21(12)5)17-9-14(22)20-15-19-13(10-23-15)16(2,3)4/h7-8,10-11,17H,6,9H2,1-5H3,(H,19,20,22)/t11-/m0/s1. The molecule has 0 saturated heterocycles. The molecule has 0 aliphatic carbocycles. The van der Waals surface area contributed by atoms with Gasteiger partial charge in [-0.15, -0.1) is 11.3 Å². The van der Waals surface area contributed by atoms with Gasteiger partial charge in [-0.25, -0.2) is 4.98 Å². The van der Waals surface area contributed by atoms with Crippen LogP contribution in [0.4, 0.5) is 5.13 Å². The molecule has 0 aliphatic heterocycles. The molecule has 23 heavy (non-hydrogen) atoms.